The van der Waals surface area contributed by atoms with Gasteiger partial charge < -0.3 is 4.90 Å². The van der Waals surface area contributed by atoms with Gasteiger partial charge in [-0.2, -0.15) is 0 Å². The molecule has 1 amide bonds. The maximum atomic E-state index is 14.0. The summed E-state index contributed by atoms with van der Waals surface area (Å²) in [5.41, 5.74) is 1.87. The van der Waals surface area contributed by atoms with E-state index in [9.17, 15) is 14.0 Å². The SMILES string of the molecule is CC(c1ccccc1)n1c(SCC(=O)N(C)Cc2ccccc2F)nc2ccccc2c1=O. The van der Waals surface area contributed by atoms with Crippen molar-refractivity contribution in [2.24, 2.45) is 0 Å². The lowest BCUT2D eigenvalue weighted by molar-refractivity contribution is -0.127. The minimum Gasteiger partial charge on any atom is -0.341 e. The van der Waals surface area contributed by atoms with Gasteiger partial charge in [-0.1, -0.05) is 72.4 Å². The first-order valence-corrected chi connectivity index (χ1v) is 11.6. The molecule has 4 rings (SSSR count). The van der Waals surface area contributed by atoms with Crippen LogP contribution in [-0.4, -0.2) is 33.2 Å². The maximum Gasteiger partial charge on any atom is 0.262 e. The van der Waals surface area contributed by atoms with Crippen molar-refractivity contribution in [3.8, 4) is 0 Å². The van der Waals surface area contributed by atoms with E-state index in [0.29, 0.717) is 21.6 Å². The van der Waals surface area contributed by atoms with Gasteiger partial charge in [0.15, 0.2) is 5.16 Å². The molecule has 3 aromatic carbocycles. The van der Waals surface area contributed by atoms with Crippen molar-refractivity contribution < 1.29 is 9.18 Å². The average Bonchev–Trinajstić information content (AvgIpc) is 2.84. The van der Waals surface area contributed by atoms with Crippen molar-refractivity contribution in [1.82, 2.24) is 14.5 Å². The van der Waals surface area contributed by atoms with Gasteiger partial charge in [0.2, 0.25) is 5.91 Å². The molecule has 0 saturated carbocycles. The second-order valence-corrected chi connectivity index (χ2v) is 8.75. The summed E-state index contributed by atoms with van der Waals surface area (Å²) in [6.45, 7) is 2.12. The third-order valence-corrected chi connectivity index (χ3v) is 6.50. The van der Waals surface area contributed by atoms with Gasteiger partial charge in [0.05, 0.1) is 22.7 Å². The molecule has 1 unspecified atom stereocenters. The molecule has 0 N–H and O–H groups in total. The molecule has 5 nitrogen and oxygen atoms in total. The first kappa shape index (κ1) is 22.7. The highest BCUT2D eigenvalue weighted by atomic mass is 32.2. The monoisotopic (exact) mass is 461 g/mol. The fraction of sp³-hybridized carbons (Fsp3) is 0.192. The highest BCUT2D eigenvalue weighted by Crippen LogP contribution is 2.25. The Morgan fingerprint density at radius 2 is 1.70 bits per heavy atom. The summed E-state index contributed by atoms with van der Waals surface area (Å²) in [6.07, 6.45) is 0. The Balaban J connectivity index is 1.62. The summed E-state index contributed by atoms with van der Waals surface area (Å²) in [5, 5.41) is 1.01. The number of amides is 1. The van der Waals surface area contributed by atoms with Gasteiger partial charge in [0.25, 0.3) is 5.56 Å². The highest BCUT2D eigenvalue weighted by molar-refractivity contribution is 7.99. The van der Waals surface area contributed by atoms with E-state index in [1.807, 2.05) is 49.4 Å². The Kier molecular flexibility index (Phi) is 6.89. The Hall–Kier alpha value is -3.45. The van der Waals surface area contributed by atoms with Crippen molar-refractivity contribution in [3.05, 3.63) is 106 Å². The summed E-state index contributed by atoms with van der Waals surface area (Å²) in [7, 11) is 1.64. The summed E-state index contributed by atoms with van der Waals surface area (Å²) < 4.78 is 15.6. The van der Waals surface area contributed by atoms with Gasteiger partial charge in [0.1, 0.15) is 5.82 Å². The van der Waals surface area contributed by atoms with Gasteiger partial charge >= 0.3 is 0 Å². The molecule has 1 heterocycles. The molecule has 0 bridgehead atoms. The van der Waals surface area contributed by atoms with E-state index in [4.69, 9.17) is 4.98 Å². The summed E-state index contributed by atoms with van der Waals surface area (Å²) in [6, 6.07) is 23.1. The van der Waals surface area contributed by atoms with Crippen LogP contribution in [0.25, 0.3) is 10.9 Å². The van der Waals surface area contributed by atoms with Crippen LogP contribution in [0.2, 0.25) is 0 Å². The van der Waals surface area contributed by atoms with E-state index in [1.165, 1.54) is 22.7 Å². The quantitative estimate of drug-likeness (QED) is 0.290. The number of benzene rings is 3. The number of halogens is 1. The Morgan fingerprint density at radius 1 is 1.03 bits per heavy atom. The predicted molar refractivity (Wildman–Crippen MR) is 130 cm³/mol. The first-order chi connectivity index (χ1) is 16.0. The van der Waals surface area contributed by atoms with Gasteiger partial charge in [0, 0.05) is 19.2 Å². The molecule has 0 aliphatic rings. The number of aromatic nitrogens is 2. The highest BCUT2D eigenvalue weighted by Gasteiger charge is 2.20. The van der Waals surface area contributed by atoms with Crippen LogP contribution in [0.1, 0.15) is 24.1 Å². The third kappa shape index (κ3) is 4.98. The zero-order valence-electron chi connectivity index (χ0n) is 18.4. The maximum absolute atomic E-state index is 14.0. The van der Waals surface area contributed by atoms with Crippen LogP contribution < -0.4 is 5.56 Å². The van der Waals surface area contributed by atoms with E-state index in [1.54, 1.807) is 41.9 Å². The minimum atomic E-state index is -0.341. The van der Waals surface area contributed by atoms with Gasteiger partial charge in [-0.15, -0.1) is 0 Å². The fourth-order valence-corrected chi connectivity index (χ4v) is 4.67. The number of carbonyl (C=O) groups excluding carboxylic acids is 1. The lowest BCUT2D eigenvalue weighted by Crippen LogP contribution is -2.30. The standard InChI is InChI=1S/C26H24FN3O2S/c1-18(19-10-4-3-5-11-19)30-25(32)21-13-7-9-15-23(21)28-26(30)33-17-24(31)29(2)16-20-12-6-8-14-22(20)27/h3-15,18H,16-17H2,1-2H3. The molecular formula is C26H24FN3O2S. The van der Waals surface area contributed by atoms with E-state index in [2.05, 4.69) is 0 Å². The normalized spacial score (nSPS) is 12.0. The third-order valence-electron chi connectivity index (χ3n) is 5.56. The van der Waals surface area contributed by atoms with Crippen LogP contribution in [-0.2, 0) is 11.3 Å². The number of nitrogens with zero attached hydrogens (tertiary/aromatic N) is 3. The molecule has 0 fully saturated rings. The van der Waals surface area contributed by atoms with Crippen LogP contribution >= 0.6 is 11.8 Å². The van der Waals surface area contributed by atoms with Crippen LogP contribution in [0.4, 0.5) is 4.39 Å². The smallest absolute Gasteiger partial charge is 0.262 e. The second-order valence-electron chi connectivity index (χ2n) is 7.80. The summed E-state index contributed by atoms with van der Waals surface area (Å²) in [4.78, 5) is 32.4. The lowest BCUT2D eigenvalue weighted by Gasteiger charge is -2.21. The number of rotatable bonds is 7. The minimum absolute atomic E-state index is 0.0806. The number of para-hydroxylation sites is 1. The molecule has 0 radical (unpaired) electrons. The molecule has 0 aliphatic carbocycles. The molecule has 0 aliphatic heterocycles. The van der Waals surface area contributed by atoms with Gasteiger partial charge in [-0.3, -0.25) is 14.2 Å². The van der Waals surface area contributed by atoms with Crippen LogP contribution in [0.5, 0.6) is 0 Å². The van der Waals surface area contributed by atoms with E-state index in [-0.39, 0.29) is 35.6 Å². The summed E-state index contributed by atoms with van der Waals surface area (Å²) >= 11 is 1.22. The number of fused-ring (bicyclic) bond motifs is 1. The Bertz CT molecular complexity index is 1340. The van der Waals surface area contributed by atoms with E-state index < -0.39 is 0 Å². The lowest BCUT2D eigenvalue weighted by atomic mass is 10.1. The number of hydrogen-bond donors (Lipinski definition) is 0. The van der Waals surface area contributed by atoms with Gasteiger partial charge in [-0.25, -0.2) is 9.37 Å². The Morgan fingerprint density at radius 3 is 2.45 bits per heavy atom. The van der Waals surface area contributed by atoms with Gasteiger partial charge in [-0.05, 0) is 30.7 Å². The van der Waals surface area contributed by atoms with Crippen molar-refractivity contribution >= 4 is 28.6 Å². The molecule has 4 aromatic rings. The van der Waals surface area contributed by atoms with Crippen LogP contribution in [0.3, 0.4) is 0 Å². The number of hydrogen-bond acceptors (Lipinski definition) is 4. The molecule has 0 saturated heterocycles. The molecule has 168 valence electrons. The molecule has 1 atom stereocenters. The van der Waals surface area contributed by atoms with Crippen molar-refractivity contribution in [2.45, 2.75) is 24.7 Å². The predicted octanol–water partition coefficient (Wildman–Crippen LogP) is 4.90. The fourth-order valence-electron chi connectivity index (χ4n) is 3.66. The molecule has 7 heteroatoms. The molecule has 0 spiro atoms. The van der Waals surface area contributed by atoms with E-state index >= 15 is 0 Å². The number of thioether (sulfide) groups is 1. The average molecular weight is 462 g/mol. The molecule has 33 heavy (non-hydrogen) atoms. The zero-order chi connectivity index (χ0) is 23.4. The molecular weight excluding hydrogens is 437 g/mol. The Labute approximate surface area is 195 Å². The van der Waals surface area contributed by atoms with Crippen LogP contribution in [0, 0.1) is 5.82 Å². The molecule has 1 aromatic heterocycles. The van der Waals surface area contributed by atoms with Crippen LogP contribution in [0.15, 0.2) is 88.8 Å². The second kappa shape index (κ2) is 10.0. The topological polar surface area (TPSA) is 55.2 Å². The van der Waals surface area contributed by atoms with Crippen molar-refractivity contribution in [2.75, 3.05) is 12.8 Å². The van der Waals surface area contributed by atoms with Crippen molar-refractivity contribution in [3.63, 3.8) is 0 Å². The summed E-state index contributed by atoms with van der Waals surface area (Å²) in [5.74, 6) is -0.437. The zero-order valence-corrected chi connectivity index (χ0v) is 19.3. The van der Waals surface area contributed by atoms with Crippen molar-refractivity contribution in [1.29, 1.82) is 0 Å². The number of carbonyl (C=O) groups is 1. The largest absolute Gasteiger partial charge is 0.341 e. The first-order valence-electron chi connectivity index (χ1n) is 10.6. The van der Waals surface area contributed by atoms with E-state index in [0.717, 1.165) is 5.56 Å².